The van der Waals surface area contributed by atoms with Gasteiger partial charge in [-0.15, -0.1) is 0 Å². The lowest BCUT2D eigenvalue weighted by atomic mass is 9.45. The predicted octanol–water partition coefficient (Wildman–Crippen LogP) is 3.46. The Morgan fingerprint density at radius 3 is 2.62 bits per heavy atom. The highest BCUT2D eigenvalue weighted by atomic mass is 16.2. The SMILES string of the molecule is CN(C)CCN(C(=O)Cc1cn2c(C(=O)NC[C@@H]3CC[C@@H]4C[C@@H]3C4(C)C)cccc2n1)C1CCNCC1(C)C. The zero-order chi connectivity index (χ0) is 27.9. The van der Waals surface area contributed by atoms with Gasteiger partial charge in [0.25, 0.3) is 5.91 Å². The molecule has 2 aromatic rings. The number of fused-ring (bicyclic) bond motifs is 3. The summed E-state index contributed by atoms with van der Waals surface area (Å²) in [6, 6.07) is 5.81. The van der Waals surface area contributed by atoms with Crippen LogP contribution in [0.1, 0.15) is 69.6 Å². The molecule has 0 radical (unpaired) electrons. The molecule has 39 heavy (non-hydrogen) atoms. The van der Waals surface area contributed by atoms with Gasteiger partial charge in [-0.3, -0.25) is 14.0 Å². The topological polar surface area (TPSA) is 82.0 Å². The van der Waals surface area contributed by atoms with E-state index >= 15 is 0 Å². The fourth-order valence-corrected chi connectivity index (χ4v) is 7.61. The highest BCUT2D eigenvalue weighted by Crippen LogP contribution is 2.61. The zero-order valence-corrected chi connectivity index (χ0v) is 24.8. The fourth-order valence-electron chi connectivity index (χ4n) is 7.61. The molecule has 214 valence electrons. The van der Waals surface area contributed by atoms with E-state index in [9.17, 15) is 9.59 Å². The molecule has 8 heteroatoms. The predicted molar refractivity (Wildman–Crippen MR) is 155 cm³/mol. The normalized spacial score (nSPS) is 27.3. The second kappa shape index (κ2) is 10.8. The molecule has 0 spiro atoms. The summed E-state index contributed by atoms with van der Waals surface area (Å²) in [5, 5.41) is 6.71. The van der Waals surface area contributed by atoms with Gasteiger partial charge in [-0.1, -0.05) is 33.8 Å². The zero-order valence-electron chi connectivity index (χ0n) is 24.8. The molecule has 2 aromatic heterocycles. The molecule has 3 heterocycles. The smallest absolute Gasteiger partial charge is 0.268 e. The van der Waals surface area contributed by atoms with E-state index in [1.54, 1.807) is 0 Å². The average molecular weight is 537 g/mol. The molecule has 2 amide bonds. The van der Waals surface area contributed by atoms with E-state index in [4.69, 9.17) is 4.98 Å². The number of rotatable bonds is 9. The summed E-state index contributed by atoms with van der Waals surface area (Å²) >= 11 is 0. The van der Waals surface area contributed by atoms with Crippen LogP contribution in [0.5, 0.6) is 0 Å². The lowest BCUT2D eigenvalue weighted by molar-refractivity contribution is -0.136. The Morgan fingerprint density at radius 1 is 1.13 bits per heavy atom. The molecule has 3 aliphatic carbocycles. The van der Waals surface area contributed by atoms with Gasteiger partial charge in [0.15, 0.2) is 0 Å². The first-order valence-corrected chi connectivity index (χ1v) is 14.9. The molecule has 4 aliphatic rings. The molecule has 1 unspecified atom stereocenters. The van der Waals surface area contributed by atoms with E-state index in [2.05, 4.69) is 48.1 Å². The molecule has 1 aliphatic heterocycles. The van der Waals surface area contributed by atoms with Crippen LogP contribution in [0.2, 0.25) is 0 Å². The van der Waals surface area contributed by atoms with E-state index < -0.39 is 0 Å². The molecule has 2 N–H and O–H groups in total. The van der Waals surface area contributed by atoms with Crippen LogP contribution in [0.4, 0.5) is 0 Å². The lowest BCUT2D eigenvalue weighted by Gasteiger charge is -2.60. The molecule has 6 rings (SSSR count). The van der Waals surface area contributed by atoms with Crippen molar-refractivity contribution in [3.8, 4) is 0 Å². The molecule has 0 aromatic carbocycles. The number of aromatic nitrogens is 2. The fraction of sp³-hybridized carbons (Fsp3) is 0.710. The average Bonchev–Trinajstić information content (AvgIpc) is 3.30. The quantitative estimate of drug-likeness (QED) is 0.513. The first kappa shape index (κ1) is 28.1. The maximum absolute atomic E-state index is 13.7. The largest absolute Gasteiger partial charge is 0.350 e. The molecule has 8 nitrogen and oxygen atoms in total. The van der Waals surface area contributed by atoms with Crippen LogP contribution in [0.25, 0.3) is 5.65 Å². The van der Waals surface area contributed by atoms with Crippen molar-refractivity contribution in [2.24, 2.45) is 28.6 Å². The van der Waals surface area contributed by atoms with Gasteiger partial charge in [0.1, 0.15) is 11.3 Å². The summed E-state index contributed by atoms with van der Waals surface area (Å²) < 4.78 is 1.85. The van der Waals surface area contributed by atoms with Gasteiger partial charge in [0, 0.05) is 38.4 Å². The van der Waals surface area contributed by atoms with E-state index in [-0.39, 0.29) is 29.7 Å². The Kier molecular flexibility index (Phi) is 7.81. The van der Waals surface area contributed by atoms with Crippen molar-refractivity contribution in [1.29, 1.82) is 0 Å². The van der Waals surface area contributed by atoms with Crippen molar-refractivity contribution in [3.05, 3.63) is 35.8 Å². The Bertz CT molecular complexity index is 1200. The minimum Gasteiger partial charge on any atom is -0.350 e. The molecule has 4 atom stereocenters. The van der Waals surface area contributed by atoms with Crippen LogP contribution in [0, 0.1) is 28.6 Å². The number of amides is 2. The van der Waals surface area contributed by atoms with E-state index in [0.717, 1.165) is 38.5 Å². The number of carbonyl (C=O) groups excluding carboxylic acids is 2. The van der Waals surface area contributed by atoms with Crippen LogP contribution in [0.3, 0.4) is 0 Å². The minimum absolute atomic E-state index is 0.00165. The third-order valence-corrected chi connectivity index (χ3v) is 10.2. The van der Waals surface area contributed by atoms with Crippen LogP contribution in [-0.2, 0) is 11.2 Å². The number of piperidine rings is 1. The maximum atomic E-state index is 13.7. The van der Waals surface area contributed by atoms with Gasteiger partial charge < -0.3 is 20.4 Å². The first-order chi connectivity index (χ1) is 18.5. The molecular formula is C31H48N6O2. The van der Waals surface area contributed by atoms with Gasteiger partial charge in [0.2, 0.25) is 5.91 Å². The first-order valence-electron chi connectivity index (χ1n) is 14.9. The third kappa shape index (κ3) is 5.60. The van der Waals surface area contributed by atoms with Crippen molar-refractivity contribution in [3.63, 3.8) is 0 Å². The summed E-state index contributed by atoms with van der Waals surface area (Å²) in [6.07, 6.45) is 6.84. The second-order valence-corrected chi connectivity index (χ2v) is 13.8. The minimum atomic E-state index is -0.0702. The number of carbonyl (C=O) groups is 2. The number of likely N-dealkylation sites (N-methyl/N-ethyl adjacent to an activating group) is 1. The van der Waals surface area contributed by atoms with Gasteiger partial charge in [0.05, 0.1) is 12.1 Å². The molecular weight excluding hydrogens is 488 g/mol. The standard InChI is InChI=1S/C31H48N6O2/c1-30(2)20-32-13-12-26(30)36(15-14-35(5)6)28(38)17-23-19-37-25(8-7-9-27(37)34-23)29(39)33-18-21-10-11-22-16-24(21)31(22,3)4/h7-9,19,21-22,24,26,32H,10-18,20H2,1-6H3,(H,33,39)/t21-,22+,24-,26?/m0/s1. The van der Waals surface area contributed by atoms with Gasteiger partial charge in [-0.2, -0.15) is 0 Å². The van der Waals surface area contributed by atoms with Gasteiger partial charge in [-0.25, -0.2) is 4.98 Å². The monoisotopic (exact) mass is 536 g/mol. The van der Waals surface area contributed by atoms with Crippen LogP contribution in [-0.4, -0.2) is 83.9 Å². The molecule has 3 saturated carbocycles. The number of imidazole rings is 1. The highest BCUT2D eigenvalue weighted by molar-refractivity contribution is 5.93. The van der Waals surface area contributed by atoms with E-state index in [1.165, 1.54) is 19.3 Å². The summed E-state index contributed by atoms with van der Waals surface area (Å²) in [7, 11) is 4.09. The summed E-state index contributed by atoms with van der Waals surface area (Å²) in [6.45, 7) is 13.3. The van der Waals surface area contributed by atoms with Crippen molar-refractivity contribution < 1.29 is 9.59 Å². The summed E-state index contributed by atoms with van der Waals surface area (Å²) in [5.41, 5.74) is 2.38. The van der Waals surface area contributed by atoms with Gasteiger partial charge >= 0.3 is 0 Å². The highest BCUT2D eigenvalue weighted by Gasteiger charge is 2.54. The van der Waals surface area contributed by atoms with Crippen molar-refractivity contribution in [1.82, 2.24) is 29.8 Å². The number of pyridine rings is 1. The van der Waals surface area contributed by atoms with Crippen LogP contribution in [0.15, 0.2) is 24.4 Å². The van der Waals surface area contributed by atoms with Crippen molar-refractivity contribution in [2.75, 3.05) is 46.8 Å². The summed E-state index contributed by atoms with van der Waals surface area (Å²) in [5.74, 6) is 2.15. The van der Waals surface area contributed by atoms with Crippen LogP contribution >= 0.6 is 0 Å². The number of hydrogen-bond donors (Lipinski definition) is 2. The Morgan fingerprint density at radius 2 is 1.92 bits per heavy atom. The number of hydrogen-bond acceptors (Lipinski definition) is 5. The molecule has 4 fully saturated rings. The number of nitrogens with zero attached hydrogens (tertiary/aromatic N) is 4. The molecule has 2 bridgehead atoms. The Balaban J connectivity index is 1.29. The second-order valence-electron chi connectivity index (χ2n) is 13.8. The van der Waals surface area contributed by atoms with E-state index in [1.807, 2.05) is 42.9 Å². The van der Waals surface area contributed by atoms with Crippen molar-refractivity contribution in [2.45, 2.75) is 65.8 Å². The summed E-state index contributed by atoms with van der Waals surface area (Å²) in [4.78, 5) is 36.0. The van der Waals surface area contributed by atoms with Crippen molar-refractivity contribution >= 4 is 17.5 Å². The maximum Gasteiger partial charge on any atom is 0.268 e. The molecule has 1 saturated heterocycles. The van der Waals surface area contributed by atoms with E-state index in [0.29, 0.717) is 40.8 Å². The lowest BCUT2D eigenvalue weighted by Crippen LogP contribution is -2.57. The Hall–Kier alpha value is -2.45. The van der Waals surface area contributed by atoms with Gasteiger partial charge in [-0.05, 0) is 87.0 Å². The number of nitrogens with one attached hydrogen (secondary N) is 2. The Labute approximate surface area is 233 Å². The van der Waals surface area contributed by atoms with Crippen LogP contribution < -0.4 is 10.6 Å². The third-order valence-electron chi connectivity index (χ3n) is 10.2.